The molecule has 4 aromatic rings. The van der Waals surface area contributed by atoms with E-state index in [1.807, 2.05) is 12.1 Å². The normalized spacial score (nSPS) is 10.7. The van der Waals surface area contributed by atoms with Crippen LogP contribution in [0.2, 0.25) is 0 Å². The molecule has 0 saturated heterocycles. The molecule has 0 spiro atoms. The number of rotatable bonds is 5. The van der Waals surface area contributed by atoms with Gasteiger partial charge in [-0.2, -0.15) is 0 Å². The monoisotopic (exact) mass is 421 g/mol. The number of furan rings is 1. The molecule has 0 bridgehead atoms. The van der Waals surface area contributed by atoms with Crippen molar-refractivity contribution < 1.29 is 18.4 Å². The van der Waals surface area contributed by atoms with E-state index in [1.165, 1.54) is 30.2 Å². The lowest BCUT2D eigenvalue weighted by atomic mass is 10.1. The number of fused-ring (bicyclic) bond motifs is 1. The molecule has 0 aliphatic carbocycles. The Morgan fingerprint density at radius 2 is 1.80 bits per heavy atom. The summed E-state index contributed by atoms with van der Waals surface area (Å²) in [4.78, 5) is 30.1. The molecule has 2 amide bonds. The van der Waals surface area contributed by atoms with Crippen molar-refractivity contribution in [1.82, 2.24) is 15.8 Å². The third-order valence-corrected chi connectivity index (χ3v) is 5.25. The quantitative estimate of drug-likeness (QED) is 0.373. The van der Waals surface area contributed by atoms with E-state index in [2.05, 4.69) is 15.8 Å². The molecule has 0 saturated carbocycles. The minimum Gasteiger partial charge on any atom is -0.463 e. The Bertz CT molecular complexity index is 1190. The van der Waals surface area contributed by atoms with E-state index < -0.39 is 5.91 Å². The highest BCUT2D eigenvalue weighted by Crippen LogP contribution is 2.25. The lowest BCUT2D eigenvalue weighted by molar-refractivity contribution is -0.119. The van der Waals surface area contributed by atoms with Crippen LogP contribution in [0.15, 0.2) is 82.3 Å². The SMILES string of the molecule is O=C(CSc1ccc(F)cc1)NNC(=O)c1cc(-c2ccco2)nc2ccccc12. The number of benzene rings is 2. The Balaban J connectivity index is 1.46. The molecule has 2 aromatic heterocycles. The van der Waals surface area contributed by atoms with Gasteiger partial charge < -0.3 is 4.42 Å². The molecule has 2 heterocycles. The van der Waals surface area contributed by atoms with Crippen LogP contribution in [0.3, 0.4) is 0 Å². The van der Waals surface area contributed by atoms with Crippen molar-refractivity contribution in [3.05, 3.63) is 84.4 Å². The van der Waals surface area contributed by atoms with E-state index >= 15 is 0 Å². The van der Waals surface area contributed by atoms with Crippen LogP contribution in [-0.2, 0) is 4.79 Å². The van der Waals surface area contributed by atoms with Gasteiger partial charge >= 0.3 is 0 Å². The number of para-hydroxylation sites is 1. The van der Waals surface area contributed by atoms with Gasteiger partial charge in [0.05, 0.1) is 23.1 Å². The second-order valence-electron chi connectivity index (χ2n) is 6.29. The van der Waals surface area contributed by atoms with E-state index in [9.17, 15) is 14.0 Å². The predicted octanol–water partition coefficient (Wildman–Crippen LogP) is 4.19. The summed E-state index contributed by atoms with van der Waals surface area (Å²) in [6.45, 7) is 0. The zero-order chi connectivity index (χ0) is 20.9. The number of halogens is 1. The lowest BCUT2D eigenvalue weighted by Gasteiger charge is -2.10. The first kappa shape index (κ1) is 19.7. The van der Waals surface area contributed by atoms with Crippen molar-refractivity contribution in [3.8, 4) is 11.5 Å². The largest absolute Gasteiger partial charge is 0.463 e. The number of carbonyl (C=O) groups is 2. The average molecular weight is 421 g/mol. The van der Waals surface area contributed by atoms with Gasteiger partial charge in [-0.1, -0.05) is 18.2 Å². The van der Waals surface area contributed by atoms with Crippen molar-refractivity contribution in [2.45, 2.75) is 4.90 Å². The summed E-state index contributed by atoms with van der Waals surface area (Å²) in [5.41, 5.74) is 6.35. The van der Waals surface area contributed by atoms with Crippen LogP contribution in [0.4, 0.5) is 4.39 Å². The van der Waals surface area contributed by atoms with Gasteiger partial charge in [0.1, 0.15) is 11.5 Å². The molecule has 0 atom stereocenters. The number of nitrogens with one attached hydrogen (secondary N) is 2. The van der Waals surface area contributed by atoms with Crippen LogP contribution >= 0.6 is 11.8 Å². The highest BCUT2D eigenvalue weighted by atomic mass is 32.2. The maximum Gasteiger partial charge on any atom is 0.270 e. The van der Waals surface area contributed by atoms with Crippen molar-refractivity contribution >= 4 is 34.5 Å². The Labute approximate surface area is 175 Å². The van der Waals surface area contributed by atoms with Crippen molar-refractivity contribution in [2.24, 2.45) is 0 Å². The number of hydrazine groups is 1. The number of hydrogen-bond donors (Lipinski definition) is 2. The van der Waals surface area contributed by atoms with Crippen LogP contribution in [-0.4, -0.2) is 22.6 Å². The van der Waals surface area contributed by atoms with Crippen LogP contribution in [0.25, 0.3) is 22.4 Å². The van der Waals surface area contributed by atoms with E-state index in [1.54, 1.807) is 42.5 Å². The van der Waals surface area contributed by atoms with Crippen LogP contribution in [0, 0.1) is 5.82 Å². The minimum absolute atomic E-state index is 0.0701. The van der Waals surface area contributed by atoms with Crippen LogP contribution in [0.1, 0.15) is 10.4 Å². The molecule has 6 nitrogen and oxygen atoms in total. The van der Waals surface area contributed by atoms with Gasteiger partial charge in [0.25, 0.3) is 5.91 Å². The molecular formula is C22H16FN3O3S. The van der Waals surface area contributed by atoms with E-state index in [4.69, 9.17) is 4.42 Å². The summed E-state index contributed by atoms with van der Waals surface area (Å²) in [5.74, 6) is -0.589. The van der Waals surface area contributed by atoms with Gasteiger partial charge in [-0.3, -0.25) is 20.4 Å². The summed E-state index contributed by atoms with van der Waals surface area (Å²) < 4.78 is 18.3. The van der Waals surface area contributed by atoms with Crippen molar-refractivity contribution in [2.75, 3.05) is 5.75 Å². The summed E-state index contributed by atoms with van der Waals surface area (Å²) in [6, 6.07) is 18.2. The van der Waals surface area contributed by atoms with E-state index in [-0.39, 0.29) is 17.5 Å². The van der Waals surface area contributed by atoms with Gasteiger partial charge in [0.2, 0.25) is 5.91 Å². The first-order chi connectivity index (χ1) is 14.6. The smallest absolute Gasteiger partial charge is 0.270 e. The number of hydrogen-bond acceptors (Lipinski definition) is 5. The second-order valence-corrected chi connectivity index (χ2v) is 7.34. The zero-order valence-corrected chi connectivity index (χ0v) is 16.4. The first-order valence-corrected chi connectivity index (χ1v) is 10.00. The fourth-order valence-corrected chi connectivity index (χ4v) is 3.52. The van der Waals surface area contributed by atoms with E-state index in [0.717, 1.165) is 4.90 Å². The molecule has 30 heavy (non-hydrogen) atoms. The number of aromatic nitrogens is 1. The number of thioether (sulfide) groups is 1. The van der Waals surface area contributed by atoms with Gasteiger partial charge in [0.15, 0.2) is 5.76 Å². The molecule has 0 unspecified atom stereocenters. The number of amides is 2. The summed E-state index contributed by atoms with van der Waals surface area (Å²) in [6.07, 6.45) is 1.53. The Morgan fingerprint density at radius 3 is 2.57 bits per heavy atom. The molecule has 2 N–H and O–H groups in total. The molecule has 2 aromatic carbocycles. The van der Waals surface area contributed by atoms with Crippen LogP contribution in [0.5, 0.6) is 0 Å². The molecule has 0 fully saturated rings. The first-order valence-electron chi connectivity index (χ1n) is 9.01. The van der Waals surface area contributed by atoms with E-state index in [0.29, 0.717) is 27.9 Å². The molecule has 150 valence electrons. The number of pyridine rings is 1. The molecule has 8 heteroatoms. The minimum atomic E-state index is -0.471. The summed E-state index contributed by atoms with van der Waals surface area (Å²) >= 11 is 1.24. The Kier molecular flexibility index (Phi) is 5.76. The topological polar surface area (TPSA) is 84.2 Å². The lowest BCUT2D eigenvalue weighted by Crippen LogP contribution is -2.42. The number of carbonyl (C=O) groups excluding carboxylic acids is 2. The van der Waals surface area contributed by atoms with Gasteiger partial charge in [-0.05, 0) is 48.5 Å². The third-order valence-electron chi connectivity index (χ3n) is 4.23. The highest BCUT2D eigenvalue weighted by molar-refractivity contribution is 8.00. The van der Waals surface area contributed by atoms with Gasteiger partial charge in [0, 0.05) is 10.3 Å². The van der Waals surface area contributed by atoms with Gasteiger partial charge in [-0.25, -0.2) is 9.37 Å². The van der Waals surface area contributed by atoms with Crippen molar-refractivity contribution in [1.29, 1.82) is 0 Å². The molecule has 4 rings (SSSR count). The molecule has 0 aliphatic rings. The Morgan fingerprint density at radius 1 is 1.00 bits per heavy atom. The Hall–Kier alpha value is -3.65. The fourth-order valence-electron chi connectivity index (χ4n) is 2.82. The summed E-state index contributed by atoms with van der Waals surface area (Å²) in [5, 5.41) is 0.653. The fraction of sp³-hybridized carbons (Fsp3) is 0.0455. The average Bonchev–Trinajstić information content (AvgIpc) is 3.31. The molecule has 0 radical (unpaired) electrons. The second kappa shape index (κ2) is 8.79. The molecular weight excluding hydrogens is 405 g/mol. The molecule has 0 aliphatic heterocycles. The highest BCUT2D eigenvalue weighted by Gasteiger charge is 2.15. The van der Waals surface area contributed by atoms with Crippen molar-refractivity contribution in [3.63, 3.8) is 0 Å². The predicted molar refractivity (Wildman–Crippen MR) is 112 cm³/mol. The zero-order valence-electron chi connectivity index (χ0n) is 15.6. The van der Waals surface area contributed by atoms with Gasteiger partial charge in [-0.15, -0.1) is 11.8 Å². The maximum atomic E-state index is 12.9. The maximum absolute atomic E-state index is 12.9. The number of nitrogens with zero attached hydrogens (tertiary/aromatic N) is 1. The van der Waals surface area contributed by atoms with Crippen LogP contribution < -0.4 is 10.9 Å². The summed E-state index contributed by atoms with van der Waals surface area (Å²) in [7, 11) is 0. The standard InChI is InChI=1S/C22H16FN3O3S/c23-14-7-9-15(10-8-14)30-13-21(27)25-26-22(28)17-12-19(20-6-3-11-29-20)24-18-5-2-1-4-16(17)18/h1-12H,13H2,(H,25,27)(H,26,28). The third kappa shape index (κ3) is 4.49.